The van der Waals surface area contributed by atoms with Gasteiger partial charge < -0.3 is 9.42 Å². The van der Waals surface area contributed by atoms with Gasteiger partial charge in [0.1, 0.15) is 0 Å². The van der Waals surface area contributed by atoms with Crippen molar-refractivity contribution < 1.29 is 9.32 Å². The Morgan fingerprint density at radius 1 is 1.43 bits per heavy atom. The lowest BCUT2D eigenvalue weighted by Gasteiger charge is -2.30. The molecule has 6 nitrogen and oxygen atoms in total. The maximum absolute atomic E-state index is 12.4. The maximum atomic E-state index is 12.4. The predicted molar refractivity (Wildman–Crippen MR) is 85.1 cm³/mol. The molecule has 1 amide bonds. The third-order valence-electron chi connectivity index (χ3n) is 4.55. The van der Waals surface area contributed by atoms with Crippen LogP contribution >= 0.6 is 0 Å². The van der Waals surface area contributed by atoms with Crippen LogP contribution in [0.2, 0.25) is 0 Å². The van der Waals surface area contributed by atoms with Crippen molar-refractivity contribution in [2.45, 2.75) is 44.9 Å². The highest BCUT2D eigenvalue weighted by atomic mass is 16.5. The number of hydrogen-bond acceptors (Lipinski definition) is 5. The van der Waals surface area contributed by atoms with Gasteiger partial charge in [-0.25, -0.2) is 0 Å². The van der Waals surface area contributed by atoms with Crippen LogP contribution in [0.3, 0.4) is 0 Å². The molecule has 0 saturated carbocycles. The van der Waals surface area contributed by atoms with Crippen LogP contribution < -0.4 is 0 Å². The molecule has 3 rings (SSSR count). The van der Waals surface area contributed by atoms with Crippen LogP contribution in [0.5, 0.6) is 0 Å². The number of aromatic nitrogens is 3. The normalized spacial score (nSPS) is 17.2. The molecule has 0 radical (unpaired) electrons. The average molecular weight is 314 g/mol. The number of hydrogen-bond donors (Lipinski definition) is 0. The lowest BCUT2D eigenvalue weighted by Crippen LogP contribution is -2.38. The number of rotatable bonds is 4. The summed E-state index contributed by atoms with van der Waals surface area (Å²) in [7, 11) is 0. The summed E-state index contributed by atoms with van der Waals surface area (Å²) in [5, 5.41) is 4.09. The Bertz CT molecular complexity index is 648. The minimum Gasteiger partial charge on any atom is -0.339 e. The molecule has 1 atom stereocenters. The van der Waals surface area contributed by atoms with Crippen molar-refractivity contribution in [3.63, 3.8) is 0 Å². The lowest BCUT2D eigenvalue weighted by atomic mass is 9.96. The first-order chi connectivity index (χ1) is 11.2. The topological polar surface area (TPSA) is 72.1 Å². The smallest absolute Gasteiger partial charge is 0.255 e. The molecule has 1 fully saturated rings. The molecule has 0 spiro atoms. The highest BCUT2D eigenvalue weighted by Gasteiger charge is 2.28. The molecule has 23 heavy (non-hydrogen) atoms. The van der Waals surface area contributed by atoms with Gasteiger partial charge in [0.15, 0.2) is 5.82 Å². The van der Waals surface area contributed by atoms with Crippen molar-refractivity contribution >= 4 is 5.91 Å². The van der Waals surface area contributed by atoms with E-state index in [1.54, 1.807) is 24.5 Å². The fraction of sp³-hybridized carbons (Fsp3) is 0.529. The number of likely N-dealkylation sites (tertiary alicyclic amines) is 1. The van der Waals surface area contributed by atoms with E-state index in [1.807, 2.05) is 4.90 Å². The second kappa shape index (κ2) is 6.89. The van der Waals surface area contributed by atoms with Gasteiger partial charge in [-0.3, -0.25) is 9.78 Å². The highest BCUT2D eigenvalue weighted by Crippen LogP contribution is 2.28. The van der Waals surface area contributed by atoms with E-state index in [4.69, 9.17) is 4.52 Å². The molecule has 2 aromatic rings. The molecule has 0 bridgehead atoms. The number of nitrogens with zero attached hydrogens (tertiary/aromatic N) is 4. The van der Waals surface area contributed by atoms with E-state index in [2.05, 4.69) is 29.0 Å². The van der Waals surface area contributed by atoms with Crippen LogP contribution in [0.4, 0.5) is 0 Å². The van der Waals surface area contributed by atoms with Crippen molar-refractivity contribution in [2.24, 2.45) is 0 Å². The number of amides is 1. The first-order valence-corrected chi connectivity index (χ1v) is 8.21. The Balaban J connectivity index is 1.60. The van der Waals surface area contributed by atoms with Crippen LogP contribution in [0.25, 0.3) is 0 Å². The van der Waals surface area contributed by atoms with E-state index in [9.17, 15) is 4.79 Å². The fourth-order valence-electron chi connectivity index (χ4n) is 2.80. The molecule has 3 heterocycles. The number of piperidine rings is 1. The maximum Gasteiger partial charge on any atom is 0.255 e. The van der Waals surface area contributed by atoms with Gasteiger partial charge in [0.05, 0.1) is 5.56 Å². The Morgan fingerprint density at radius 3 is 2.87 bits per heavy atom. The van der Waals surface area contributed by atoms with Crippen molar-refractivity contribution in [3.8, 4) is 0 Å². The summed E-state index contributed by atoms with van der Waals surface area (Å²) in [6, 6.07) is 3.59. The van der Waals surface area contributed by atoms with Gasteiger partial charge >= 0.3 is 0 Å². The molecule has 1 aliphatic heterocycles. The summed E-state index contributed by atoms with van der Waals surface area (Å²) >= 11 is 0. The third-order valence-corrected chi connectivity index (χ3v) is 4.55. The molecule has 0 N–H and O–H groups in total. The molecule has 6 heteroatoms. The Labute approximate surface area is 135 Å². The largest absolute Gasteiger partial charge is 0.339 e. The summed E-state index contributed by atoms with van der Waals surface area (Å²) in [5.74, 6) is 2.12. The molecule has 2 aromatic heterocycles. The zero-order valence-electron chi connectivity index (χ0n) is 13.6. The summed E-state index contributed by atoms with van der Waals surface area (Å²) < 4.78 is 5.43. The standard InChI is InChI=1S/C17H22N4O2/c1-3-12(2)15-19-16(23-20-15)13-6-9-21(10-7-13)17(22)14-5-4-8-18-11-14/h4-5,8,11-13H,3,6-7,9-10H2,1-2H3/t12-/m1/s1. The zero-order valence-corrected chi connectivity index (χ0v) is 13.6. The first kappa shape index (κ1) is 15.6. The van der Waals surface area contributed by atoms with Crippen molar-refractivity contribution in [2.75, 3.05) is 13.1 Å². The molecule has 0 aromatic carbocycles. The Morgan fingerprint density at radius 2 is 2.22 bits per heavy atom. The summed E-state index contributed by atoms with van der Waals surface area (Å²) in [5.41, 5.74) is 0.641. The molecular weight excluding hydrogens is 292 g/mol. The second-order valence-electron chi connectivity index (χ2n) is 6.11. The first-order valence-electron chi connectivity index (χ1n) is 8.21. The van der Waals surface area contributed by atoms with E-state index < -0.39 is 0 Å². The minimum absolute atomic E-state index is 0.0439. The number of carbonyl (C=O) groups is 1. The number of carbonyl (C=O) groups excluding carboxylic acids is 1. The highest BCUT2D eigenvalue weighted by molar-refractivity contribution is 5.93. The van der Waals surface area contributed by atoms with Gasteiger partial charge in [0, 0.05) is 37.3 Å². The van der Waals surface area contributed by atoms with Crippen LogP contribution in [0.1, 0.15) is 67.0 Å². The quantitative estimate of drug-likeness (QED) is 0.867. The van der Waals surface area contributed by atoms with Crippen molar-refractivity contribution in [1.29, 1.82) is 0 Å². The third kappa shape index (κ3) is 3.41. The van der Waals surface area contributed by atoms with E-state index in [0.29, 0.717) is 30.5 Å². The summed E-state index contributed by atoms with van der Waals surface area (Å²) in [6.45, 7) is 5.63. The van der Waals surface area contributed by atoms with Crippen molar-refractivity contribution in [3.05, 3.63) is 41.8 Å². The van der Waals surface area contributed by atoms with Gasteiger partial charge in [0.25, 0.3) is 5.91 Å². The Hall–Kier alpha value is -2.24. The van der Waals surface area contributed by atoms with Crippen LogP contribution in [0.15, 0.2) is 29.0 Å². The monoisotopic (exact) mass is 314 g/mol. The van der Waals surface area contributed by atoms with E-state index >= 15 is 0 Å². The van der Waals surface area contributed by atoms with Crippen LogP contribution in [0, 0.1) is 0 Å². The van der Waals surface area contributed by atoms with Gasteiger partial charge in [-0.05, 0) is 31.4 Å². The summed E-state index contributed by atoms with van der Waals surface area (Å²) in [6.07, 6.45) is 6.00. The van der Waals surface area contributed by atoms with Crippen LogP contribution in [-0.4, -0.2) is 39.0 Å². The van der Waals surface area contributed by atoms with Gasteiger partial charge in [-0.15, -0.1) is 0 Å². The minimum atomic E-state index is 0.0439. The van der Waals surface area contributed by atoms with Crippen molar-refractivity contribution in [1.82, 2.24) is 20.0 Å². The summed E-state index contributed by atoms with van der Waals surface area (Å²) in [4.78, 5) is 22.8. The molecule has 1 aliphatic rings. The van der Waals surface area contributed by atoms with Gasteiger partial charge in [-0.2, -0.15) is 4.98 Å². The molecule has 1 saturated heterocycles. The zero-order chi connectivity index (χ0) is 16.2. The molecule has 0 aliphatic carbocycles. The molecule has 122 valence electrons. The molecule has 0 unspecified atom stereocenters. The van der Waals surface area contributed by atoms with E-state index in [1.165, 1.54) is 0 Å². The van der Waals surface area contributed by atoms with E-state index in [-0.39, 0.29) is 11.8 Å². The fourth-order valence-corrected chi connectivity index (χ4v) is 2.80. The van der Waals surface area contributed by atoms with Crippen LogP contribution in [-0.2, 0) is 0 Å². The predicted octanol–water partition coefficient (Wildman–Crippen LogP) is 3.00. The lowest BCUT2D eigenvalue weighted by molar-refractivity contribution is 0.0704. The average Bonchev–Trinajstić information content (AvgIpc) is 3.11. The van der Waals surface area contributed by atoms with Gasteiger partial charge in [0.2, 0.25) is 5.89 Å². The number of pyridine rings is 1. The van der Waals surface area contributed by atoms with E-state index in [0.717, 1.165) is 25.1 Å². The second-order valence-corrected chi connectivity index (χ2v) is 6.11. The van der Waals surface area contributed by atoms with Gasteiger partial charge in [-0.1, -0.05) is 19.0 Å². The SMILES string of the molecule is CC[C@@H](C)c1noc(C2CCN(C(=O)c3cccnc3)CC2)n1. The Kier molecular flexibility index (Phi) is 4.69. The molecular formula is C17H22N4O2.